The van der Waals surface area contributed by atoms with E-state index in [0.29, 0.717) is 12.4 Å². The van der Waals surface area contributed by atoms with Gasteiger partial charge in [-0.25, -0.2) is 9.59 Å². The molecule has 0 atom stereocenters. The summed E-state index contributed by atoms with van der Waals surface area (Å²) < 4.78 is 10.7. The normalized spacial score (nSPS) is 10.2. The molecule has 126 valence electrons. The molecule has 0 aliphatic heterocycles. The largest absolute Gasteiger partial charge is 0.462 e. The molecule has 0 aliphatic rings. The van der Waals surface area contributed by atoms with E-state index in [1.165, 1.54) is 11.8 Å². The zero-order valence-electron chi connectivity index (χ0n) is 13.8. The summed E-state index contributed by atoms with van der Waals surface area (Å²) in [5.41, 5.74) is 0.426. The molecule has 0 amide bonds. The van der Waals surface area contributed by atoms with Crippen LogP contribution in [0, 0.1) is 0 Å². The Hall–Kier alpha value is -2.27. The third-order valence-corrected chi connectivity index (χ3v) is 4.15. The molecule has 0 saturated heterocycles. The van der Waals surface area contributed by atoms with Crippen molar-refractivity contribution in [2.45, 2.75) is 24.7 Å². The van der Waals surface area contributed by atoms with Gasteiger partial charge in [0.15, 0.2) is 0 Å². The van der Waals surface area contributed by atoms with E-state index in [2.05, 4.69) is 0 Å². The Balaban J connectivity index is 2.19. The van der Waals surface area contributed by atoms with Crippen molar-refractivity contribution in [3.63, 3.8) is 0 Å². The first-order valence-corrected chi connectivity index (χ1v) is 9.01. The van der Waals surface area contributed by atoms with Gasteiger partial charge in [0, 0.05) is 4.90 Å². The van der Waals surface area contributed by atoms with Crippen LogP contribution in [-0.2, 0) is 4.74 Å². The van der Waals surface area contributed by atoms with Crippen LogP contribution in [0.15, 0.2) is 53.4 Å². The molecule has 0 radical (unpaired) electrons. The van der Waals surface area contributed by atoms with Gasteiger partial charge in [-0.2, -0.15) is 0 Å². The lowest BCUT2D eigenvalue weighted by Gasteiger charge is -2.11. The maximum Gasteiger partial charge on any atom is 0.344 e. The second kappa shape index (κ2) is 9.13. The van der Waals surface area contributed by atoms with Crippen molar-refractivity contribution in [2.75, 3.05) is 12.9 Å². The third kappa shape index (κ3) is 4.61. The molecule has 0 bridgehead atoms. The number of hydrogen-bond donors (Lipinski definition) is 0. The number of carbonyl (C=O) groups is 2. The standard InChI is InChI=1S/C19H20O4S/c1-3-4-13-22-18(20)14-9-5-6-10-15(14)19(21)23-16-11-7-8-12-17(16)24-2/h5-12H,3-4,13H2,1-2H3. The Bertz CT molecular complexity index is 712. The maximum absolute atomic E-state index is 12.5. The van der Waals surface area contributed by atoms with Crippen LogP contribution >= 0.6 is 11.8 Å². The Morgan fingerprint density at radius 2 is 1.58 bits per heavy atom. The number of rotatable bonds is 7. The van der Waals surface area contributed by atoms with E-state index in [-0.39, 0.29) is 11.1 Å². The van der Waals surface area contributed by atoms with Gasteiger partial charge >= 0.3 is 11.9 Å². The topological polar surface area (TPSA) is 52.6 Å². The van der Waals surface area contributed by atoms with Crippen molar-refractivity contribution < 1.29 is 19.1 Å². The summed E-state index contributed by atoms with van der Waals surface area (Å²) in [6.07, 6.45) is 3.63. The lowest BCUT2D eigenvalue weighted by molar-refractivity contribution is 0.0491. The zero-order valence-corrected chi connectivity index (χ0v) is 14.6. The summed E-state index contributed by atoms with van der Waals surface area (Å²) in [6, 6.07) is 13.8. The van der Waals surface area contributed by atoms with Crippen LogP contribution in [0.3, 0.4) is 0 Å². The van der Waals surface area contributed by atoms with Crippen LogP contribution in [0.1, 0.15) is 40.5 Å². The first kappa shape index (κ1) is 18.1. The average Bonchev–Trinajstić information content (AvgIpc) is 2.62. The molecule has 0 saturated carbocycles. The van der Waals surface area contributed by atoms with Crippen molar-refractivity contribution >= 4 is 23.7 Å². The summed E-state index contributed by atoms with van der Waals surface area (Å²) in [5, 5.41) is 0. The van der Waals surface area contributed by atoms with Crippen molar-refractivity contribution in [1.29, 1.82) is 0 Å². The van der Waals surface area contributed by atoms with E-state index in [0.717, 1.165) is 17.7 Å². The molecule has 0 heterocycles. The average molecular weight is 344 g/mol. The van der Waals surface area contributed by atoms with Crippen LogP contribution in [-0.4, -0.2) is 24.8 Å². The highest BCUT2D eigenvalue weighted by Crippen LogP contribution is 2.28. The molecule has 5 heteroatoms. The zero-order chi connectivity index (χ0) is 17.4. The minimum Gasteiger partial charge on any atom is -0.462 e. The third-order valence-electron chi connectivity index (χ3n) is 3.37. The molecule has 0 aliphatic carbocycles. The fourth-order valence-corrected chi connectivity index (χ4v) is 2.61. The summed E-state index contributed by atoms with van der Waals surface area (Å²) >= 11 is 1.49. The smallest absolute Gasteiger partial charge is 0.344 e. The summed E-state index contributed by atoms with van der Waals surface area (Å²) in [5.74, 6) is -0.599. The van der Waals surface area contributed by atoms with Gasteiger partial charge in [0.2, 0.25) is 0 Å². The van der Waals surface area contributed by atoms with Gasteiger partial charge in [0.25, 0.3) is 0 Å². The van der Waals surface area contributed by atoms with Gasteiger partial charge in [-0.1, -0.05) is 37.6 Å². The molecular formula is C19H20O4S. The second-order valence-corrected chi connectivity index (χ2v) is 5.92. The Morgan fingerprint density at radius 1 is 0.958 bits per heavy atom. The monoisotopic (exact) mass is 344 g/mol. The molecule has 24 heavy (non-hydrogen) atoms. The number of carbonyl (C=O) groups excluding carboxylic acids is 2. The van der Waals surface area contributed by atoms with Crippen LogP contribution in [0.4, 0.5) is 0 Å². The highest BCUT2D eigenvalue weighted by Gasteiger charge is 2.20. The quantitative estimate of drug-likeness (QED) is 0.318. The summed E-state index contributed by atoms with van der Waals surface area (Å²) in [6.45, 7) is 2.36. The van der Waals surface area contributed by atoms with Crippen molar-refractivity contribution in [1.82, 2.24) is 0 Å². The van der Waals surface area contributed by atoms with E-state index in [1.54, 1.807) is 36.4 Å². The Morgan fingerprint density at radius 3 is 2.25 bits per heavy atom. The van der Waals surface area contributed by atoms with Gasteiger partial charge in [-0.3, -0.25) is 0 Å². The van der Waals surface area contributed by atoms with Crippen molar-refractivity contribution in [3.05, 3.63) is 59.7 Å². The van der Waals surface area contributed by atoms with E-state index in [4.69, 9.17) is 9.47 Å². The fourth-order valence-electron chi connectivity index (χ4n) is 2.08. The molecule has 0 unspecified atom stereocenters. The molecule has 4 nitrogen and oxygen atoms in total. The number of ether oxygens (including phenoxy) is 2. The first-order chi connectivity index (χ1) is 11.7. The van der Waals surface area contributed by atoms with Crippen molar-refractivity contribution in [2.24, 2.45) is 0 Å². The second-order valence-electron chi connectivity index (χ2n) is 5.08. The lowest BCUT2D eigenvalue weighted by atomic mass is 10.1. The lowest BCUT2D eigenvalue weighted by Crippen LogP contribution is -2.16. The van der Waals surface area contributed by atoms with Crippen LogP contribution in [0.2, 0.25) is 0 Å². The highest BCUT2D eigenvalue weighted by atomic mass is 32.2. The van der Waals surface area contributed by atoms with Gasteiger partial charge in [-0.05, 0) is 36.9 Å². The number of unbranched alkanes of at least 4 members (excludes halogenated alkanes) is 1. The summed E-state index contributed by atoms with van der Waals surface area (Å²) in [4.78, 5) is 25.5. The number of benzene rings is 2. The molecule has 2 aromatic rings. The first-order valence-electron chi connectivity index (χ1n) is 7.78. The van der Waals surface area contributed by atoms with Crippen molar-refractivity contribution in [3.8, 4) is 5.75 Å². The predicted molar refractivity (Wildman–Crippen MR) is 94.8 cm³/mol. The Labute approximate surface area is 146 Å². The van der Waals surface area contributed by atoms with Gasteiger partial charge in [0.05, 0.1) is 17.7 Å². The minimum atomic E-state index is -0.570. The molecular weight excluding hydrogens is 324 g/mol. The highest BCUT2D eigenvalue weighted by molar-refractivity contribution is 7.98. The van der Waals surface area contributed by atoms with Crippen LogP contribution < -0.4 is 4.74 Å². The number of thioether (sulfide) groups is 1. The van der Waals surface area contributed by atoms with Gasteiger partial charge < -0.3 is 9.47 Å². The molecule has 0 N–H and O–H groups in total. The number of para-hydroxylation sites is 1. The van der Waals surface area contributed by atoms with Crippen LogP contribution in [0.5, 0.6) is 5.75 Å². The minimum absolute atomic E-state index is 0.204. The molecule has 2 rings (SSSR count). The molecule has 0 spiro atoms. The van der Waals surface area contributed by atoms with Crippen LogP contribution in [0.25, 0.3) is 0 Å². The molecule has 0 fully saturated rings. The van der Waals surface area contributed by atoms with E-state index in [9.17, 15) is 9.59 Å². The maximum atomic E-state index is 12.5. The molecule has 0 aromatic heterocycles. The van der Waals surface area contributed by atoms with E-state index < -0.39 is 11.9 Å². The van der Waals surface area contributed by atoms with E-state index >= 15 is 0 Å². The predicted octanol–water partition coefficient (Wildman–Crippen LogP) is 4.58. The SMILES string of the molecule is CCCCOC(=O)c1ccccc1C(=O)Oc1ccccc1SC. The van der Waals surface area contributed by atoms with E-state index in [1.807, 2.05) is 25.3 Å². The van der Waals surface area contributed by atoms with Gasteiger partial charge in [0.1, 0.15) is 5.75 Å². The summed E-state index contributed by atoms with van der Waals surface area (Å²) in [7, 11) is 0. The number of hydrogen-bond acceptors (Lipinski definition) is 5. The Kier molecular flexibility index (Phi) is 6.88. The van der Waals surface area contributed by atoms with Gasteiger partial charge in [-0.15, -0.1) is 11.8 Å². The number of esters is 2. The fraction of sp³-hybridized carbons (Fsp3) is 0.263. The molecule has 2 aromatic carbocycles.